The summed E-state index contributed by atoms with van der Waals surface area (Å²) in [5, 5.41) is 9.83. The maximum Gasteiger partial charge on any atom is 0.490 e. The molecule has 198 valence electrons. The minimum absolute atomic E-state index is 0.119. The molecule has 0 aliphatic carbocycles. The number of fused-ring (bicyclic) bond motifs is 2. The molecule has 2 amide bonds. The number of nitrogens with zero attached hydrogens (tertiary/aromatic N) is 6. The summed E-state index contributed by atoms with van der Waals surface area (Å²) in [5.74, 6) is -2.61. The van der Waals surface area contributed by atoms with E-state index in [1.54, 1.807) is 27.9 Å². The third-order valence-corrected chi connectivity index (χ3v) is 6.09. The fraction of sp³-hybridized carbons (Fsp3) is 0.391. The highest BCUT2D eigenvalue weighted by Gasteiger charge is 2.38. The van der Waals surface area contributed by atoms with Gasteiger partial charge in [-0.1, -0.05) is 0 Å². The molecule has 3 aromatic heterocycles. The summed E-state index contributed by atoms with van der Waals surface area (Å²) in [6, 6.07) is 2.97. The molecule has 0 radical (unpaired) electrons. The Morgan fingerprint density at radius 3 is 2.43 bits per heavy atom. The Balaban J connectivity index is 0.000000405. The molecule has 2 aliphatic rings. The van der Waals surface area contributed by atoms with Crippen LogP contribution in [0.2, 0.25) is 0 Å². The first-order valence-electron chi connectivity index (χ1n) is 11.4. The highest BCUT2D eigenvalue weighted by Crippen LogP contribution is 2.34. The van der Waals surface area contributed by atoms with Gasteiger partial charge in [-0.25, -0.2) is 23.9 Å². The van der Waals surface area contributed by atoms with E-state index in [0.717, 1.165) is 49.5 Å². The van der Waals surface area contributed by atoms with Crippen molar-refractivity contribution in [2.75, 3.05) is 54.9 Å². The molecule has 5 rings (SSSR count). The molecule has 14 heteroatoms. The predicted molar refractivity (Wildman–Crippen MR) is 128 cm³/mol. The number of piperazine rings is 1. The van der Waals surface area contributed by atoms with Crippen LogP contribution in [0.1, 0.15) is 11.3 Å². The lowest BCUT2D eigenvalue weighted by Gasteiger charge is -2.35. The van der Waals surface area contributed by atoms with Gasteiger partial charge in [-0.3, -0.25) is 4.90 Å². The summed E-state index contributed by atoms with van der Waals surface area (Å²) in [7, 11) is 2.13. The number of hydrogen-bond donors (Lipinski definition) is 2. The lowest BCUT2D eigenvalue weighted by atomic mass is 10.1. The van der Waals surface area contributed by atoms with E-state index in [9.17, 15) is 22.4 Å². The number of halogens is 4. The minimum atomic E-state index is -5.08. The van der Waals surface area contributed by atoms with Crippen molar-refractivity contribution in [2.45, 2.75) is 19.5 Å². The Morgan fingerprint density at radius 2 is 1.78 bits per heavy atom. The standard InChI is InChI=1S/C21H24FN7O.C2HF3O2/c1-14-12-28-13-17(16(22)11-19(28)24-14)25-21(30)29-6-4-15-18(3-5-23-20(15)29)27-9-7-26(2)8-10-27;3-2(4,5)1(6)7/h3,5,11-13H,4,6-10H2,1-2H3,(H,25,30);(H,6,7). The third-order valence-electron chi connectivity index (χ3n) is 6.09. The van der Waals surface area contributed by atoms with Crippen LogP contribution in [-0.4, -0.2) is 82.3 Å². The summed E-state index contributed by atoms with van der Waals surface area (Å²) in [6.45, 7) is 6.29. The summed E-state index contributed by atoms with van der Waals surface area (Å²) in [4.78, 5) is 36.8. The lowest BCUT2D eigenvalue weighted by molar-refractivity contribution is -0.192. The zero-order valence-corrected chi connectivity index (χ0v) is 20.1. The van der Waals surface area contributed by atoms with E-state index in [1.165, 1.54) is 6.07 Å². The van der Waals surface area contributed by atoms with E-state index in [2.05, 4.69) is 32.1 Å². The molecule has 0 saturated carbocycles. The average Bonchev–Trinajstić information content (AvgIpc) is 3.42. The molecule has 1 saturated heterocycles. The van der Waals surface area contributed by atoms with Gasteiger partial charge in [0.1, 0.15) is 11.5 Å². The fourth-order valence-electron chi connectivity index (χ4n) is 4.23. The molecular formula is C23H25F4N7O3. The van der Waals surface area contributed by atoms with E-state index in [4.69, 9.17) is 9.90 Å². The van der Waals surface area contributed by atoms with Crippen molar-refractivity contribution in [3.8, 4) is 0 Å². The quantitative estimate of drug-likeness (QED) is 0.497. The van der Waals surface area contributed by atoms with Crippen molar-refractivity contribution >= 4 is 34.8 Å². The number of hydrogen-bond acceptors (Lipinski definition) is 6. The van der Waals surface area contributed by atoms with E-state index >= 15 is 0 Å². The molecule has 10 nitrogen and oxygen atoms in total. The topological polar surface area (TPSA) is 106 Å². The molecule has 0 bridgehead atoms. The number of aromatic nitrogens is 3. The van der Waals surface area contributed by atoms with Crippen LogP contribution in [0.5, 0.6) is 0 Å². The number of nitrogens with one attached hydrogen (secondary N) is 1. The molecule has 2 N–H and O–H groups in total. The molecule has 5 heterocycles. The van der Waals surface area contributed by atoms with Gasteiger partial charge in [0.25, 0.3) is 0 Å². The second-order valence-corrected chi connectivity index (χ2v) is 8.74. The number of carboxylic acid groups (broad SMARTS) is 1. The number of urea groups is 1. The van der Waals surface area contributed by atoms with Gasteiger partial charge < -0.3 is 24.6 Å². The van der Waals surface area contributed by atoms with Crippen LogP contribution in [0.25, 0.3) is 5.65 Å². The number of likely N-dealkylation sites (N-methyl/N-ethyl adjacent to an activating group) is 1. The van der Waals surface area contributed by atoms with Crippen molar-refractivity contribution in [1.82, 2.24) is 19.3 Å². The third kappa shape index (κ3) is 5.74. The van der Waals surface area contributed by atoms with Gasteiger partial charge in [0.2, 0.25) is 0 Å². The summed E-state index contributed by atoms with van der Waals surface area (Å²) < 4.78 is 47.9. The van der Waals surface area contributed by atoms with Crippen molar-refractivity contribution in [1.29, 1.82) is 0 Å². The minimum Gasteiger partial charge on any atom is -0.475 e. The molecule has 2 aliphatic heterocycles. The monoisotopic (exact) mass is 523 g/mol. The predicted octanol–water partition coefficient (Wildman–Crippen LogP) is 3.16. The second kappa shape index (κ2) is 10.2. The van der Waals surface area contributed by atoms with Gasteiger partial charge in [-0.2, -0.15) is 13.2 Å². The molecular weight excluding hydrogens is 498 g/mol. The normalized spacial score (nSPS) is 15.8. The zero-order valence-electron chi connectivity index (χ0n) is 20.1. The van der Waals surface area contributed by atoms with Gasteiger partial charge in [-0.15, -0.1) is 0 Å². The number of anilines is 3. The molecule has 37 heavy (non-hydrogen) atoms. The smallest absolute Gasteiger partial charge is 0.475 e. The van der Waals surface area contributed by atoms with Crippen molar-refractivity contribution in [2.24, 2.45) is 0 Å². The highest BCUT2D eigenvalue weighted by atomic mass is 19.4. The Kier molecular flexibility index (Phi) is 7.21. The first-order chi connectivity index (χ1) is 17.4. The van der Waals surface area contributed by atoms with Gasteiger partial charge in [0.05, 0.1) is 11.4 Å². The molecule has 0 unspecified atom stereocenters. The number of imidazole rings is 1. The van der Waals surface area contributed by atoms with Gasteiger partial charge in [0.15, 0.2) is 5.82 Å². The second-order valence-electron chi connectivity index (χ2n) is 8.74. The summed E-state index contributed by atoms with van der Waals surface area (Å²) in [6.07, 6.45) is 0.743. The SMILES string of the molecule is Cc1cn2cc(NC(=O)N3CCc4c(N5CCN(C)CC5)ccnc43)c(F)cc2n1.O=C(O)C(F)(F)F. The Bertz CT molecular complexity index is 1320. The summed E-state index contributed by atoms with van der Waals surface area (Å²) >= 11 is 0. The van der Waals surface area contributed by atoms with Crippen LogP contribution >= 0.6 is 0 Å². The van der Waals surface area contributed by atoms with Crippen LogP contribution in [0.4, 0.5) is 39.5 Å². The zero-order chi connectivity index (χ0) is 26.9. The van der Waals surface area contributed by atoms with Crippen molar-refractivity contribution < 1.29 is 32.3 Å². The number of aliphatic carboxylic acids is 1. The molecule has 0 atom stereocenters. The first kappa shape index (κ1) is 26.1. The summed E-state index contributed by atoms with van der Waals surface area (Å²) in [5.41, 5.74) is 3.64. The maximum absolute atomic E-state index is 14.5. The average molecular weight is 523 g/mol. The van der Waals surface area contributed by atoms with E-state index in [-0.39, 0.29) is 11.7 Å². The fourth-order valence-corrected chi connectivity index (χ4v) is 4.23. The van der Waals surface area contributed by atoms with E-state index in [1.807, 2.05) is 13.0 Å². The number of carbonyl (C=O) groups is 2. The Morgan fingerprint density at radius 1 is 1.11 bits per heavy atom. The number of carbonyl (C=O) groups excluding carboxylic acids is 1. The lowest BCUT2D eigenvalue weighted by Crippen LogP contribution is -2.44. The number of aryl methyl sites for hydroxylation is 1. The Hall–Kier alpha value is -3.94. The number of alkyl halides is 3. The van der Waals surface area contributed by atoms with Crippen LogP contribution < -0.4 is 15.1 Å². The molecule has 0 spiro atoms. The number of amides is 2. The molecule has 3 aromatic rings. The van der Waals surface area contributed by atoms with Crippen molar-refractivity contribution in [3.63, 3.8) is 0 Å². The number of rotatable bonds is 2. The van der Waals surface area contributed by atoms with Crippen LogP contribution in [-0.2, 0) is 11.2 Å². The molecule has 1 fully saturated rings. The number of pyridine rings is 2. The van der Waals surface area contributed by atoms with E-state index in [0.29, 0.717) is 18.0 Å². The van der Waals surface area contributed by atoms with Crippen molar-refractivity contribution in [3.05, 3.63) is 47.8 Å². The van der Waals surface area contributed by atoms with Crippen LogP contribution in [0, 0.1) is 12.7 Å². The van der Waals surface area contributed by atoms with E-state index < -0.39 is 18.0 Å². The maximum atomic E-state index is 14.5. The van der Waals surface area contributed by atoms with Crippen LogP contribution in [0.3, 0.4) is 0 Å². The Labute approximate surface area is 209 Å². The van der Waals surface area contributed by atoms with Crippen LogP contribution in [0.15, 0.2) is 30.7 Å². The molecule has 0 aromatic carbocycles. The highest BCUT2D eigenvalue weighted by molar-refractivity contribution is 6.03. The largest absolute Gasteiger partial charge is 0.490 e. The van der Waals surface area contributed by atoms with Gasteiger partial charge >= 0.3 is 18.2 Å². The number of carboxylic acids is 1. The first-order valence-corrected chi connectivity index (χ1v) is 11.4. The van der Waals surface area contributed by atoms with Gasteiger partial charge in [-0.05, 0) is 26.5 Å². The van der Waals surface area contributed by atoms with Gasteiger partial charge in [0, 0.05) is 68.6 Å².